The van der Waals surface area contributed by atoms with Gasteiger partial charge in [0.25, 0.3) is 5.91 Å². The average Bonchev–Trinajstić information content (AvgIpc) is 2.59. The van der Waals surface area contributed by atoms with Crippen LogP contribution in [0.15, 0.2) is 48.9 Å². The molecule has 0 bridgehead atoms. The second kappa shape index (κ2) is 6.82. The third-order valence-corrected chi connectivity index (χ3v) is 3.24. The number of rotatable bonds is 4. The molecule has 0 aliphatic carbocycles. The van der Waals surface area contributed by atoms with E-state index in [9.17, 15) is 9.59 Å². The van der Waals surface area contributed by atoms with Crippen LogP contribution in [0.5, 0.6) is 0 Å². The van der Waals surface area contributed by atoms with E-state index in [4.69, 9.17) is 4.74 Å². The molecule has 1 amide bonds. The largest absolute Gasteiger partial charge is 0.452 e. The van der Waals surface area contributed by atoms with Gasteiger partial charge in [-0.2, -0.15) is 0 Å². The molecule has 24 heavy (non-hydrogen) atoms. The number of carbonyl (C=O) groups is 2. The van der Waals surface area contributed by atoms with Gasteiger partial charge >= 0.3 is 5.97 Å². The fraction of sp³-hybridized carbons (Fsp3) is 0.118. The second-order valence-corrected chi connectivity index (χ2v) is 5.07. The van der Waals surface area contributed by atoms with E-state index < -0.39 is 18.5 Å². The van der Waals surface area contributed by atoms with Crippen molar-refractivity contribution in [1.82, 2.24) is 15.0 Å². The lowest BCUT2D eigenvalue weighted by atomic mass is 10.2. The summed E-state index contributed by atoms with van der Waals surface area (Å²) in [6.45, 7) is 1.48. The highest BCUT2D eigenvalue weighted by atomic mass is 16.5. The van der Waals surface area contributed by atoms with Gasteiger partial charge in [-0.25, -0.2) is 9.78 Å². The van der Waals surface area contributed by atoms with Crippen molar-refractivity contribution in [2.24, 2.45) is 0 Å². The van der Waals surface area contributed by atoms with Crippen molar-refractivity contribution in [2.75, 3.05) is 11.9 Å². The number of para-hydroxylation sites is 1. The fourth-order valence-electron chi connectivity index (χ4n) is 2.15. The molecule has 2 aromatic heterocycles. The van der Waals surface area contributed by atoms with Crippen LogP contribution in [0.25, 0.3) is 11.0 Å². The SMILES string of the molecule is Cc1ccnc(NC(=O)COC(=O)c2cccc3nccnc23)c1. The summed E-state index contributed by atoms with van der Waals surface area (Å²) in [6.07, 6.45) is 4.63. The molecule has 0 aliphatic heterocycles. The summed E-state index contributed by atoms with van der Waals surface area (Å²) in [7, 11) is 0. The number of pyridine rings is 1. The van der Waals surface area contributed by atoms with Crippen molar-refractivity contribution in [2.45, 2.75) is 6.92 Å². The summed E-state index contributed by atoms with van der Waals surface area (Å²) in [5, 5.41) is 2.57. The molecule has 0 unspecified atom stereocenters. The number of hydrogen-bond donors (Lipinski definition) is 1. The van der Waals surface area contributed by atoms with E-state index in [1.807, 2.05) is 13.0 Å². The molecular weight excluding hydrogens is 308 g/mol. The molecule has 0 saturated heterocycles. The Balaban J connectivity index is 1.65. The van der Waals surface area contributed by atoms with Crippen LogP contribution < -0.4 is 5.32 Å². The number of nitrogens with one attached hydrogen (secondary N) is 1. The van der Waals surface area contributed by atoms with Crippen LogP contribution in [0.4, 0.5) is 5.82 Å². The number of ether oxygens (including phenoxy) is 1. The highest BCUT2D eigenvalue weighted by molar-refractivity contribution is 6.02. The van der Waals surface area contributed by atoms with Gasteiger partial charge in [0.15, 0.2) is 6.61 Å². The van der Waals surface area contributed by atoms with Crippen LogP contribution in [0.2, 0.25) is 0 Å². The molecule has 0 radical (unpaired) electrons. The number of amides is 1. The first kappa shape index (κ1) is 15.5. The van der Waals surface area contributed by atoms with E-state index in [0.29, 0.717) is 16.9 Å². The van der Waals surface area contributed by atoms with Crippen molar-refractivity contribution < 1.29 is 14.3 Å². The lowest BCUT2D eigenvalue weighted by molar-refractivity contribution is -0.119. The number of aromatic nitrogens is 3. The molecule has 3 rings (SSSR count). The molecule has 2 heterocycles. The maximum Gasteiger partial charge on any atom is 0.340 e. The van der Waals surface area contributed by atoms with E-state index >= 15 is 0 Å². The maximum absolute atomic E-state index is 12.2. The minimum absolute atomic E-state index is 0.266. The van der Waals surface area contributed by atoms with Gasteiger partial charge in [-0.1, -0.05) is 6.07 Å². The van der Waals surface area contributed by atoms with E-state index in [1.165, 1.54) is 6.20 Å². The quantitative estimate of drug-likeness (QED) is 0.740. The maximum atomic E-state index is 12.2. The number of fused-ring (bicyclic) bond motifs is 1. The van der Waals surface area contributed by atoms with Crippen LogP contribution in [-0.4, -0.2) is 33.4 Å². The van der Waals surface area contributed by atoms with Gasteiger partial charge in [0.1, 0.15) is 11.3 Å². The predicted molar refractivity (Wildman–Crippen MR) is 87.4 cm³/mol. The summed E-state index contributed by atoms with van der Waals surface area (Å²) < 4.78 is 5.05. The van der Waals surface area contributed by atoms with Gasteiger partial charge in [-0.05, 0) is 36.8 Å². The number of carbonyl (C=O) groups excluding carboxylic acids is 2. The summed E-state index contributed by atoms with van der Waals surface area (Å²) in [5.74, 6) is -0.687. The highest BCUT2D eigenvalue weighted by Crippen LogP contribution is 2.14. The molecule has 7 heteroatoms. The number of aryl methyl sites for hydroxylation is 1. The minimum Gasteiger partial charge on any atom is -0.452 e. The number of hydrogen-bond acceptors (Lipinski definition) is 6. The molecule has 0 fully saturated rings. The Morgan fingerprint density at radius 1 is 1.08 bits per heavy atom. The molecule has 0 atom stereocenters. The van der Waals surface area contributed by atoms with Gasteiger partial charge in [-0.15, -0.1) is 0 Å². The molecule has 120 valence electrons. The number of esters is 1. The van der Waals surface area contributed by atoms with E-state index in [-0.39, 0.29) is 5.56 Å². The van der Waals surface area contributed by atoms with Gasteiger partial charge in [0, 0.05) is 18.6 Å². The fourth-order valence-corrected chi connectivity index (χ4v) is 2.15. The summed E-state index contributed by atoms with van der Waals surface area (Å²) in [5.41, 5.74) is 2.25. The van der Waals surface area contributed by atoms with E-state index in [0.717, 1.165) is 5.56 Å². The first-order chi connectivity index (χ1) is 11.6. The smallest absolute Gasteiger partial charge is 0.340 e. The zero-order valence-corrected chi connectivity index (χ0v) is 12.9. The van der Waals surface area contributed by atoms with E-state index in [1.54, 1.807) is 36.7 Å². The zero-order chi connectivity index (χ0) is 16.9. The molecule has 1 N–H and O–H groups in total. The van der Waals surface area contributed by atoms with E-state index in [2.05, 4.69) is 20.3 Å². The zero-order valence-electron chi connectivity index (χ0n) is 12.9. The van der Waals surface area contributed by atoms with Crippen molar-refractivity contribution >= 4 is 28.7 Å². The summed E-state index contributed by atoms with van der Waals surface area (Å²) >= 11 is 0. The van der Waals surface area contributed by atoms with Crippen molar-refractivity contribution in [3.05, 3.63) is 60.0 Å². The highest BCUT2D eigenvalue weighted by Gasteiger charge is 2.14. The Morgan fingerprint density at radius 2 is 1.92 bits per heavy atom. The Labute approximate surface area is 137 Å². The van der Waals surface area contributed by atoms with Crippen LogP contribution >= 0.6 is 0 Å². The normalized spacial score (nSPS) is 10.4. The van der Waals surface area contributed by atoms with Crippen LogP contribution in [0.1, 0.15) is 15.9 Å². The van der Waals surface area contributed by atoms with Gasteiger partial charge in [0.05, 0.1) is 11.1 Å². The average molecular weight is 322 g/mol. The summed E-state index contributed by atoms with van der Waals surface area (Å²) in [6, 6.07) is 8.55. The standard InChI is InChI=1S/C17H14N4O3/c1-11-5-6-19-14(9-11)21-15(22)10-24-17(23)12-3-2-4-13-16(12)20-8-7-18-13/h2-9H,10H2,1H3,(H,19,21,22). The molecule has 3 aromatic rings. The van der Waals surface area contributed by atoms with Crippen LogP contribution in [0, 0.1) is 6.92 Å². The molecule has 0 saturated carbocycles. The third kappa shape index (κ3) is 3.52. The predicted octanol–water partition coefficient (Wildman–Crippen LogP) is 2.13. The Morgan fingerprint density at radius 3 is 2.75 bits per heavy atom. The first-order valence-corrected chi connectivity index (χ1v) is 7.23. The van der Waals surface area contributed by atoms with Gasteiger partial charge < -0.3 is 10.1 Å². The lowest BCUT2D eigenvalue weighted by Crippen LogP contribution is -2.21. The lowest BCUT2D eigenvalue weighted by Gasteiger charge is -2.07. The minimum atomic E-state index is -0.631. The molecule has 7 nitrogen and oxygen atoms in total. The van der Waals surface area contributed by atoms with Gasteiger partial charge in [0.2, 0.25) is 0 Å². The Hall–Kier alpha value is -3.35. The third-order valence-electron chi connectivity index (χ3n) is 3.24. The topological polar surface area (TPSA) is 94.1 Å². The Bertz CT molecular complexity index is 906. The second-order valence-electron chi connectivity index (χ2n) is 5.07. The van der Waals surface area contributed by atoms with Crippen LogP contribution in [0.3, 0.4) is 0 Å². The Kier molecular flexibility index (Phi) is 4.42. The number of benzene rings is 1. The van der Waals surface area contributed by atoms with Gasteiger partial charge in [-0.3, -0.25) is 14.8 Å². The summed E-state index contributed by atoms with van der Waals surface area (Å²) in [4.78, 5) is 36.3. The molecule has 0 spiro atoms. The first-order valence-electron chi connectivity index (χ1n) is 7.23. The number of nitrogens with zero attached hydrogens (tertiary/aromatic N) is 3. The monoisotopic (exact) mass is 322 g/mol. The van der Waals surface area contributed by atoms with Crippen LogP contribution in [-0.2, 0) is 9.53 Å². The number of anilines is 1. The van der Waals surface area contributed by atoms with Crippen molar-refractivity contribution in [1.29, 1.82) is 0 Å². The molecule has 0 aliphatic rings. The molecular formula is C17H14N4O3. The van der Waals surface area contributed by atoms with Crippen molar-refractivity contribution in [3.8, 4) is 0 Å². The molecule has 1 aromatic carbocycles. The van der Waals surface area contributed by atoms with Crippen molar-refractivity contribution in [3.63, 3.8) is 0 Å².